The molecular formula is C37H39N5O7S. The number of H-pyrrole nitrogens is 1. The summed E-state index contributed by atoms with van der Waals surface area (Å²) in [5.41, 5.74) is 5.93. The molecule has 2 heterocycles. The number of ether oxygens (including phenoxy) is 4. The van der Waals surface area contributed by atoms with E-state index in [4.69, 9.17) is 18.9 Å². The fraction of sp³-hybridized carbons (Fsp3) is 0.297. The van der Waals surface area contributed by atoms with Crippen molar-refractivity contribution in [1.29, 1.82) is 0 Å². The lowest BCUT2D eigenvalue weighted by molar-refractivity contribution is -0.119. The van der Waals surface area contributed by atoms with E-state index < -0.39 is 6.04 Å². The highest BCUT2D eigenvalue weighted by Gasteiger charge is 2.29. The number of nitrogens with one attached hydrogen (secondary N) is 4. The van der Waals surface area contributed by atoms with E-state index in [1.165, 1.54) is 18.3 Å². The molecule has 0 radical (unpaired) electrons. The van der Waals surface area contributed by atoms with Gasteiger partial charge in [0.1, 0.15) is 5.75 Å². The van der Waals surface area contributed by atoms with Gasteiger partial charge < -0.3 is 39.9 Å². The standard InChI is InChI=1S/C37H39N5O7S/c1-20(43)40-27-12-8-21-15-32(47-3)35(48-4)36(49-5)34(21)24-11-13-28(31(44)17-25(24)27)38-14-6-7-33(45)42-37-41-30(19-50-37)26-18-39-29-16-22(46-2)9-10-23(26)29/h9-11,13,15-19,27,39H,6-8,12,14H2,1-5H3,(H,38,44)(H,40,43)(H,41,42,45). The second-order valence-corrected chi connectivity index (χ2v) is 12.7. The van der Waals surface area contributed by atoms with E-state index in [9.17, 15) is 14.4 Å². The fourth-order valence-corrected chi connectivity index (χ4v) is 7.13. The molecule has 0 bridgehead atoms. The molecule has 0 spiro atoms. The summed E-state index contributed by atoms with van der Waals surface area (Å²) >= 11 is 1.36. The monoisotopic (exact) mass is 697 g/mol. The Morgan fingerprint density at radius 2 is 1.80 bits per heavy atom. The Morgan fingerprint density at radius 1 is 0.980 bits per heavy atom. The summed E-state index contributed by atoms with van der Waals surface area (Å²) in [5, 5.41) is 12.5. The molecule has 0 aliphatic heterocycles. The van der Waals surface area contributed by atoms with Gasteiger partial charge in [-0.25, -0.2) is 4.98 Å². The Kier molecular flexibility index (Phi) is 10.2. The number of aromatic amines is 1. The van der Waals surface area contributed by atoms with Crippen LogP contribution >= 0.6 is 11.3 Å². The second-order valence-electron chi connectivity index (χ2n) is 11.8. The molecule has 6 rings (SSSR count). The zero-order chi connectivity index (χ0) is 35.4. The Bertz CT molecular complexity index is 2130. The van der Waals surface area contributed by atoms with Crippen LogP contribution in [0.5, 0.6) is 23.0 Å². The van der Waals surface area contributed by atoms with Crippen molar-refractivity contribution in [2.24, 2.45) is 0 Å². The molecule has 1 unspecified atom stereocenters. The highest BCUT2D eigenvalue weighted by Crippen LogP contribution is 2.50. The predicted molar refractivity (Wildman–Crippen MR) is 195 cm³/mol. The molecule has 1 aliphatic rings. The largest absolute Gasteiger partial charge is 0.497 e. The molecule has 0 saturated heterocycles. The number of fused-ring (bicyclic) bond motifs is 4. The molecule has 5 aromatic rings. The van der Waals surface area contributed by atoms with Crippen LogP contribution in [0.2, 0.25) is 0 Å². The van der Waals surface area contributed by atoms with Crippen molar-refractivity contribution in [3.05, 3.63) is 75.4 Å². The first-order chi connectivity index (χ1) is 24.2. The molecule has 2 aromatic heterocycles. The first-order valence-corrected chi connectivity index (χ1v) is 17.0. The smallest absolute Gasteiger partial charge is 0.226 e. The fourth-order valence-electron chi connectivity index (χ4n) is 6.41. The molecule has 0 fully saturated rings. The third-order valence-electron chi connectivity index (χ3n) is 8.73. The van der Waals surface area contributed by atoms with Crippen molar-refractivity contribution in [3.8, 4) is 45.4 Å². The predicted octanol–water partition coefficient (Wildman–Crippen LogP) is 6.31. The van der Waals surface area contributed by atoms with Crippen molar-refractivity contribution in [2.45, 2.75) is 38.6 Å². The number of benzene rings is 2. The van der Waals surface area contributed by atoms with Gasteiger partial charge in [-0.2, -0.15) is 0 Å². The number of thiazole rings is 1. The van der Waals surface area contributed by atoms with Crippen molar-refractivity contribution in [2.75, 3.05) is 45.6 Å². The molecule has 3 aromatic carbocycles. The van der Waals surface area contributed by atoms with Gasteiger partial charge in [0.15, 0.2) is 16.6 Å². The van der Waals surface area contributed by atoms with E-state index in [-0.39, 0.29) is 23.7 Å². The Hall–Kier alpha value is -5.56. The van der Waals surface area contributed by atoms with E-state index in [1.807, 2.05) is 41.9 Å². The van der Waals surface area contributed by atoms with E-state index in [0.29, 0.717) is 59.4 Å². The summed E-state index contributed by atoms with van der Waals surface area (Å²) in [6.07, 6.45) is 3.78. The number of methoxy groups -OCH3 is 4. The Labute approximate surface area is 293 Å². The maximum Gasteiger partial charge on any atom is 0.226 e. The average Bonchev–Trinajstić information content (AvgIpc) is 3.68. The Morgan fingerprint density at radius 3 is 2.54 bits per heavy atom. The summed E-state index contributed by atoms with van der Waals surface area (Å²) in [5.74, 6) is 1.85. The van der Waals surface area contributed by atoms with Gasteiger partial charge in [0.25, 0.3) is 0 Å². The first kappa shape index (κ1) is 34.3. The molecular weight excluding hydrogens is 659 g/mol. The van der Waals surface area contributed by atoms with Crippen LogP contribution < -0.4 is 40.3 Å². The summed E-state index contributed by atoms with van der Waals surface area (Å²) in [4.78, 5) is 46.5. The molecule has 1 atom stereocenters. The van der Waals surface area contributed by atoms with Crippen molar-refractivity contribution < 1.29 is 28.5 Å². The molecule has 4 N–H and O–H groups in total. The lowest BCUT2D eigenvalue weighted by atomic mass is 9.95. The number of aryl methyl sites for hydroxylation is 1. The third kappa shape index (κ3) is 6.95. The van der Waals surface area contributed by atoms with Gasteiger partial charge in [-0.15, -0.1) is 11.3 Å². The van der Waals surface area contributed by atoms with Gasteiger partial charge in [-0.1, -0.05) is 6.07 Å². The number of nitrogens with zero attached hydrogens (tertiary/aromatic N) is 1. The zero-order valence-electron chi connectivity index (χ0n) is 28.5. The summed E-state index contributed by atoms with van der Waals surface area (Å²) in [6, 6.07) is 12.5. The van der Waals surface area contributed by atoms with Gasteiger partial charge in [0, 0.05) is 59.6 Å². The van der Waals surface area contributed by atoms with E-state index in [0.717, 1.165) is 44.6 Å². The number of hydrogen-bond donors (Lipinski definition) is 4. The first-order valence-electron chi connectivity index (χ1n) is 16.2. The normalized spacial score (nSPS) is 13.4. The number of carbonyl (C=O) groups is 2. The molecule has 1 aliphatic carbocycles. The van der Waals surface area contributed by atoms with Crippen molar-refractivity contribution >= 4 is 44.9 Å². The lowest BCUT2D eigenvalue weighted by Gasteiger charge is -2.19. The number of rotatable bonds is 12. The van der Waals surface area contributed by atoms with Gasteiger partial charge in [0.05, 0.1) is 45.9 Å². The van der Waals surface area contributed by atoms with Gasteiger partial charge in [0.2, 0.25) is 23.0 Å². The number of aromatic nitrogens is 2. The van der Waals surface area contributed by atoms with Gasteiger partial charge in [-0.05, 0) is 66.3 Å². The number of hydrogen-bond acceptors (Lipinski definition) is 10. The minimum absolute atomic E-state index is 0.171. The maximum absolute atomic E-state index is 13.6. The number of amides is 2. The van der Waals surface area contributed by atoms with Crippen LogP contribution in [0.1, 0.15) is 43.4 Å². The minimum atomic E-state index is -0.404. The van der Waals surface area contributed by atoms with E-state index >= 15 is 0 Å². The zero-order valence-corrected chi connectivity index (χ0v) is 29.3. The summed E-state index contributed by atoms with van der Waals surface area (Å²) in [6.45, 7) is 1.85. The van der Waals surface area contributed by atoms with Crippen LogP contribution in [0, 0.1) is 0 Å². The summed E-state index contributed by atoms with van der Waals surface area (Å²) in [7, 11) is 6.31. The van der Waals surface area contributed by atoms with Crippen LogP contribution in [0.3, 0.4) is 0 Å². The molecule has 12 nitrogen and oxygen atoms in total. The molecule has 13 heteroatoms. The molecule has 0 saturated carbocycles. The molecule has 50 heavy (non-hydrogen) atoms. The highest BCUT2D eigenvalue weighted by atomic mass is 32.1. The van der Waals surface area contributed by atoms with Crippen LogP contribution in [0.15, 0.2) is 58.8 Å². The van der Waals surface area contributed by atoms with Gasteiger partial charge >= 0.3 is 0 Å². The van der Waals surface area contributed by atoms with Crippen molar-refractivity contribution in [1.82, 2.24) is 15.3 Å². The summed E-state index contributed by atoms with van der Waals surface area (Å²) < 4.78 is 22.4. The topological polar surface area (TPSA) is 153 Å². The Balaban J connectivity index is 1.16. The number of carbonyl (C=O) groups excluding carboxylic acids is 2. The van der Waals surface area contributed by atoms with Gasteiger partial charge in [-0.3, -0.25) is 14.4 Å². The maximum atomic E-state index is 13.6. The highest BCUT2D eigenvalue weighted by molar-refractivity contribution is 7.14. The quantitative estimate of drug-likeness (QED) is 0.110. The van der Waals surface area contributed by atoms with Crippen LogP contribution in [0.25, 0.3) is 33.3 Å². The van der Waals surface area contributed by atoms with Crippen LogP contribution in [-0.4, -0.2) is 56.8 Å². The van der Waals surface area contributed by atoms with E-state index in [2.05, 4.69) is 25.9 Å². The average molecular weight is 698 g/mol. The molecule has 2 amide bonds. The second kappa shape index (κ2) is 14.9. The van der Waals surface area contributed by atoms with Crippen molar-refractivity contribution in [3.63, 3.8) is 0 Å². The minimum Gasteiger partial charge on any atom is -0.497 e. The van der Waals surface area contributed by atoms with E-state index in [1.54, 1.807) is 40.6 Å². The van der Waals surface area contributed by atoms with Crippen LogP contribution in [-0.2, 0) is 16.0 Å². The lowest BCUT2D eigenvalue weighted by Crippen LogP contribution is -2.26. The third-order valence-corrected chi connectivity index (χ3v) is 9.49. The van der Waals surface area contributed by atoms with Crippen LogP contribution in [0.4, 0.5) is 10.8 Å². The molecule has 260 valence electrons. The number of anilines is 2. The SMILES string of the molecule is COc1ccc2c(-c3csc(NC(=O)CCCNc4ccc5c(cc4=O)C(NC(C)=O)CCc4cc(OC)c(OC)c(OC)c4-5)n3)c[nH]c2c1.